The van der Waals surface area contributed by atoms with Crippen LogP contribution in [0.4, 0.5) is 8.78 Å². The Hall–Kier alpha value is -0.945. The number of alkyl halides is 1. The lowest BCUT2D eigenvalue weighted by molar-refractivity contribution is -0.148. The summed E-state index contributed by atoms with van der Waals surface area (Å²) in [7, 11) is -1.17. The van der Waals surface area contributed by atoms with E-state index < -0.39 is 42.6 Å². The molecule has 1 heterocycles. The standard InChI is InChI=1S/C13H21BF2O4/c1-6-18-11(17)9(15)7-8-10(16)14-19-12(2,3)13(4,5)20-14/h8-9H,6-7H2,1-5H3. The van der Waals surface area contributed by atoms with E-state index >= 15 is 0 Å². The Bertz CT molecular complexity index is 380. The van der Waals surface area contributed by atoms with E-state index in [0.29, 0.717) is 0 Å². The molecule has 0 aromatic heterocycles. The summed E-state index contributed by atoms with van der Waals surface area (Å²) < 4.78 is 42.7. The van der Waals surface area contributed by atoms with Crippen molar-refractivity contribution in [2.45, 2.75) is 58.4 Å². The van der Waals surface area contributed by atoms with Crippen molar-refractivity contribution in [3.8, 4) is 0 Å². The lowest BCUT2D eigenvalue weighted by atomic mass is 9.87. The lowest BCUT2D eigenvalue weighted by Gasteiger charge is -2.32. The van der Waals surface area contributed by atoms with E-state index in [2.05, 4.69) is 4.74 Å². The molecule has 20 heavy (non-hydrogen) atoms. The Balaban J connectivity index is 2.61. The highest BCUT2D eigenvalue weighted by molar-refractivity contribution is 6.53. The average molecular weight is 290 g/mol. The zero-order chi connectivity index (χ0) is 15.6. The second kappa shape index (κ2) is 6.22. The Kier molecular flexibility index (Phi) is 5.32. The van der Waals surface area contributed by atoms with Gasteiger partial charge >= 0.3 is 13.1 Å². The van der Waals surface area contributed by atoms with Crippen LogP contribution < -0.4 is 0 Å². The largest absolute Gasteiger partial charge is 0.524 e. The highest BCUT2D eigenvalue weighted by atomic mass is 19.1. The first-order valence-electron chi connectivity index (χ1n) is 6.62. The minimum absolute atomic E-state index is 0.0860. The van der Waals surface area contributed by atoms with Gasteiger partial charge in [-0.15, -0.1) is 0 Å². The summed E-state index contributed by atoms with van der Waals surface area (Å²) in [5, 5.41) is 0. The van der Waals surface area contributed by atoms with E-state index in [1.807, 2.05) is 0 Å². The maximum Gasteiger partial charge on any atom is 0.524 e. The van der Waals surface area contributed by atoms with Gasteiger partial charge in [-0.1, -0.05) is 6.08 Å². The van der Waals surface area contributed by atoms with Gasteiger partial charge in [0.25, 0.3) is 0 Å². The smallest absolute Gasteiger partial charge is 0.464 e. The van der Waals surface area contributed by atoms with Crippen molar-refractivity contribution in [2.24, 2.45) is 0 Å². The van der Waals surface area contributed by atoms with Crippen LogP contribution in [0, 0.1) is 0 Å². The summed E-state index contributed by atoms with van der Waals surface area (Å²) in [6.45, 7) is 8.81. The fourth-order valence-corrected chi connectivity index (χ4v) is 1.60. The maximum absolute atomic E-state index is 13.9. The number of halogens is 2. The first-order valence-corrected chi connectivity index (χ1v) is 6.62. The molecule has 0 bridgehead atoms. The van der Waals surface area contributed by atoms with Crippen molar-refractivity contribution in [1.82, 2.24) is 0 Å². The third kappa shape index (κ3) is 3.79. The number of esters is 1. The monoisotopic (exact) mass is 290 g/mol. The molecule has 0 amide bonds. The second-order valence-corrected chi connectivity index (χ2v) is 5.63. The van der Waals surface area contributed by atoms with Gasteiger partial charge in [-0.25, -0.2) is 13.6 Å². The predicted octanol–water partition coefficient (Wildman–Crippen LogP) is 2.76. The lowest BCUT2D eigenvalue weighted by Crippen LogP contribution is -2.41. The van der Waals surface area contributed by atoms with Gasteiger partial charge in [-0.2, -0.15) is 0 Å². The Morgan fingerprint density at radius 1 is 1.30 bits per heavy atom. The van der Waals surface area contributed by atoms with E-state index in [1.165, 1.54) is 0 Å². The molecule has 1 rings (SSSR count). The van der Waals surface area contributed by atoms with Crippen LogP contribution in [0.1, 0.15) is 41.0 Å². The number of ether oxygens (including phenoxy) is 1. The van der Waals surface area contributed by atoms with Gasteiger partial charge in [0.2, 0.25) is 6.17 Å². The summed E-state index contributed by atoms with van der Waals surface area (Å²) in [6.07, 6.45) is -1.33. The highest BCUT2D eigenvalue weighted by Crippen LogP contribution is 2.38. The van der Waals surface area contributed by atoms with Crippen LogP contribution >= 0.6 is 0 Å². The van der Waals surface area contributed by atoms with Crippen LogP contribution in [0.25, 0.3) is 0 Å². The highest BCUT2D eigenvalue weighted by Gasteiger charge is 2.53. The average Bonchev–Trinajstić information content (AvgIpc) is 2.55. The van der Waals surface area contributed by atoms with Crippen molar-refractivity contribution in [3.63, 3.8) is 0 Å². The van der Waals surface area contributed by atoms with Crippen molar-refractivity contribution < 1.29 is 27.6 Å². The fraction of sp³-hybridized carbons (Fsp3) is 0.769. The topological polar surface area (TPSA) is 44.8 Å². The van der Waals surface area contributed by atoms with Crippen LogP contribution in [0.15, 0.2) is 11.8 Å². The Morgan fingerprint density at radius 3 is 2.25 bits per heavy atom. The SMILES string of the molecule is CCOC(=O)C(F)CC=C(F)B1OC(C)(C)C(C)(C)O1. The molecule has 1 saturated heterocycles. The van der Waals surface area contributed by atoms with E-state index in [1.54, 1.807) is 34.6 Å². The first kappa shape index (κ1) is 17.1. The van der Waals surface area contributed by atoms with Crippen LogP contribution in [-0.4, -0.2) is 37.1 Å². The first-order chi connectivity index (χ1) is 9.10. The number of carbonyl (C=O) groups is 1. The molecule has 0 aliphatic carbocycles. The van der Waals surface area contributed by atoms with Crippen molar-refractivity contribution in [3.05, 3.63) is 11.8 Å². The number of allylic oxidation sites excluding steroid dienone is 1. The van der Waals surface area contributed by atoms with E-state index in [-0.39, 0.29) is 6.61 Å². The second-order valence-electron chi connectivity index (χ2n) is 5.63. The maximum atomic E-state index is 13.9. The van der Waals surface area contributed by atoms with Gasteiger partial charge in [-0.05, 0) is 34.6 Å². The van der Waals surface area contributed by atoms with Gasteiger partial charge < -0.3 is 14.0 Å². The predicted molar refractivity (Wildman–Crippen MR) is 71.4 cm³/mol. The van der Waals surface area contributed by atoms with Gasteiger partial charge in [0.05, 0.1) is 17.8 Å². The molecule has 1 aliphatic heterocycles. The molecule has 4 nitrogen and oxygen atoms in total. The van der Waals surface area contributed by atoms with Gasteiger partial charge in [0.1, 0.15) is 5.73 Å². The molecular formula is C13H21BF2O4. The molecule has 0 aromatic rings. The summed E-state index contributed by atoms with van der Waals surface area (Å²) in [4.78, 5) is 11.1. The van der Waals surface area contributed by atoms with Crippen LogP contribution in [0.2, 0.25) is 0 Å². The summed E-state index contributed by atoms with van der Waals surface area (Å²) in [5.41, 5.74) is -2.08. The van der Waals surface area contributed by atoms with E-state index in [9.17, 15) is 13.6 Å². The molecule has 114 valence electrons. The number of carbonyl (C=O) groups excluding carboxylic acids is 1. The molecule has 0 radical (unpaired) electrons. The number of hydrogen-bond donors (Lipinski definition) is 0. The number of hydrogen-bond acceptors (Lipinski definition) is 4. The fourth-order valence-electron chi connectivity index (χ4n) is 1.60. The number of rotatable bonds is 5. The zero-order valence-corrected chi connectivity index (χ0v) is 12.5. The normalized spacial score (nSPS) is 22.8. The molecule has 1 unspecified atom stereocenters. The molecule has 7 heteroatoms. The summed E-state index contributed by atoms with van der Waals surface area (Å²) >= 11 is 0. The third-order valence-electron chi connectivity index (χ3n) is 3.54. The van der Waals surface area contributed by atoms with Gasteiger partial charge in [0.15, 0.2) is 0 Å². The molecule has 1 aliphatic rings. The van der Waals surface area contributed by atoms with Crippen molar-refractivity contribution in [2.75, 3.05) is 6.61 Å². The third-order valence-corrected chi connectivity index (χ3v) is 3.54. The van der Waals surface area contributed by atoms with Crippen molar-refractivity contribution >= 4 is 13.1 Å². The van der Waals surface area contributed by atoms with E-state index in [0.717, 1.165) is 6.08 Å². The molecular weight excluding hydrogens is 269 g/mol. The van der Waals surface area contributed by atoms with Gasteiger partial charge in [-0.3, -0.25) is 0 Å². The van der Waals surface area contributed by atoms with Crippen LogP contribution in [0.3, 0.4) is 0 Å². The van der Waals surface area contributed by atoms with Gasteiger partial charge in [0, 0.05) is 6.42 Å². The Labute approximate surface area is 118 Å². The zero-order valence-electron chi connectivity index (χ0n) is 12.5. The summed E-state index contributed by atoms with van der Waals surface area (Å²) in [6, 6.07) is 0. The minimum atomic E-state index is -1.89. The Morgan fingerprint density at radius 2 is 1.80 bits per heavy atom. The summed E-state index contributed by atoms with van der Waals surface area (Å²) in [5.74, 6) is -0.995. The van der Waals surface area contributed by atoms with Crippen molar-refractivity contribution in [1.29, 1.82) is 0 Å². The minimum Gasteiger partial charge on any atom is -0.464 e. The van der Waals surface area contributed by atoms with Crippen LogP contribution in [0.5, 0.6) is 0 Å². The molecule has 1 fully saturated rings. The molecule has 0 aromatic carbocycles. The quantitative estimate of drug-likeness (QED) is 0.577. The molecule has 0 spiro atoms. The van der Waals surface area contributed by atoms with E-state index in [4.69, 9.17) is 9.31 Å². The molecule has 1 atom stereocenters. The molecule has 0 saturated carbocycles. The van der Waals surface area contributed by atoms with Crippen LogP contribution in [-0.2, 0) is 18.8 Å². The molecule has 0 N–H and O–H groups in total.